The summed E-state index contributed by atoms with van der Waals surface area (Å²) in [4.78, 5) is 12.4. The minimum atomic E-state index is 0.205. The Kier molecular flexibility index (Phi) is 4.06. The number of carbonyl (C=O) groups excluding carboxylic acids is 1. The van der Waals surface area contributed by atoms with Crippen molar-refractivity contribution in [2.45, 2.75) is 38.5 Å². The highest BCUT2D eigenvalue weighted by Crippen LogP contribution is 2.48. The third-order valence-electron chi connectivity index (χ3n) is 4.89. The van der Waals surface area contributed by atoms with E-state index < -0.39 is 0 Å². The van der Waals surface area contributed by atoms with E-state index in [2.05, 4.69) is 5.32 Å². The van der Waals surface area contributed by atoms with Gasteiger partial charge in [0, 0.05) is 18.2 Å². The van der Waals surface area contributed by atoms with E-state index in [4.69, 9.17) is 5.11 Å². The van der Waals surface area contributed by atoms with Crippen molar-refractivity contribution in [2.75, 3.05) is 11.9 Å². The van der Waals surface area contributed by atoms with E-state index in [0.717, 1.165) is 30.9 Å². The van der Waals surface area contributed by atoms with Crippen molar-refractivity contribution in [3.63, 3.8) is 0 Å². The van der Waals surface area contributed by atoms with E-state index in [9.17, 15) is 4.79 Å². The maximum atomic E-state index is 12.4. The van der Waals surface area contributed by atoms with Gasteiger partial charge < -0.3 is 10.4 Å². The van der Waals surface area contributed by atoms with E-state index in [-0.39, 0.29) is 18.4 Å². The third-order valence-corrected chi connectivity index (χ3v) is 4.89. The molecule has 2 N–H and O–H groups in total. The zero-order valence-electron chi connectivity index (χ0n) is 11.8. The number of aryl methyl sites for hydroxylation is 1. The summed E-state index contributed by atoms with van der Waals surface area (Å²) in [5.41, 5.74) is 2.07. The molecule has 3 rings (SSSR count). The molecular weight excluding hydrogens is 250 g/mol. The van der Waals surface area contributed by atoms with Crippen LogP contribution in [0.25, 0.3) is 0 Å². The van der Waals surface area contributed by atoms with E-state index in [1.54, 1.807) is 0 Å². The number of rotatable bonds is 5. The fourth-order valence-corrected chi connectivity index (χ4v) is 3.89. The second-order valence-corrected chi connectivity index (χ2v) is 6.30. The molecule has 0 aromatic heterocycles. The molecule has 108 valence electrons. The van der Waals surface area contributed by atoms with Crippen LogP contribution < -0.4 is 5.32 Å². The van der Waals surface area contributed by atoms with Crippen LogP contribution in [0.3, 0.4) is 0 Å². The molecule has 3 nitrogen and oxygen atoms in total. The highest BCUT2D eigenvalue weighted by atomic mass is 16.2. The molecule has 3 atom stereocenters. The summed E-state index contributed by atoms with van der Waals surface area (Å²) < 4.78 is 0. The van der Waals surface area contributed by atoms with Crippen molar-refractivity contribution in [3.8, 4) is 0 Å². The number of hydrogen-bond donors (Lipinski definition) is 2. The van der Waals surface area contributed by atoms with Crippen molar-refractivity contribution in [2.24, 2.45) is 17.8 Å². The average molecular weight is 273 g/mol. The van der Waals surface area contributed by atoms with E-state index >= 15 is 0 Å². The van der Waals surface area contributed by atoms with Crippen LogP contribution in [0.4, 0.5) is 5.69 Å². The van der Waals surface area contributed by atoms with Gasteiger partial charge >= 0.3 is 0 Å². The van der Waals surface area contributed by atoms with Gasteiger partial charge in [-0.15, -0.1) is 0 Å². The van der Waals surface area contributed by atoms with Gasteiger partial charge in [0.05, 0.1) is 0 Å². The first-order valence-corrected chi connectivity index (χ1v) is 7.77. The number of amides is 1. The van der Waals surface area contributed by atoms with Crippen molar-refractivity contribution in [3.05, 3.63) is 29.8 Å². The number of carbonyl (C=O) groups is 1. The molecule has 3 unspecified atom stereocenters. The minimum Gasteiger partial charge on any atom is -0.396 e. The predicted octanol–water partition coefficient (Wildman–Crippen LogP) is 2.99. The largest absolute Gasteiger partial charge is 0.396 e. The molecular formula is C17H23NO2. The molecule has 2 bridgehead atoms. The highest BCUT2D eigenvalue weighted by Gasteiger charge is 2.42. The van der Waals surface area contributed by atoms with Crippen LogP contribution in [0.1, 0.15) is 37.7 Å². The molecule has 20 heavy (non-hydrogen) atoms. The molecule has 1 aromatic rings. The zero-order chi connectivity index (χ0) is 13.9. The molecule has 0 saturated heterocycles. The van der Waals surface area contributed by atoms with E-state index in [0.29, 0.717) is 5.92 Å². The van der Waals surface area contributed by atoms with Gasteiger partial charge in [0.25, 0.3) is 0 Å². The molecule has 2 fully saturated rings. The summed E-state index contributed by atoms with van der Waals surface area (Å²) in [6.45, 7) is 0.210. The molecule has 0 spiro atoms. The molecule has 1 amide bonds. The standard InChI is InChI=1S/C17H23NO2/c19-8-2-4-12-3-1-5-15(10-12)18-17(20)16-11-13-6-7-14(16)9-13/h1,3,5,10,13-14,16,19H,2,4,6-9,11H2,(H,18,20). The van der Waals surface area contributed by atoms with Gasteiger partial charge in [0.1, 0.15) is 0 Å². The van der Waals surface area contributed by atoms with Crippen LogP contribution in [0.15, 0.2) is 24.3 Å². The first-order valence-electron chi connectivity index (χ1n) is 7.77. The van der Waals surface area contributed by atoms with Crippen LogP contribution >= 0.6 is 0 Å². The number of aliphatic hydroxyl groups excluding tert-OH is 1. The minimum absolute atomic E-state index is 0.205. The van der Waals surface area contributed by atoms with Crippen LogP contribution in [-0.2, 0) is 11.2 Å². The molecule has 2 aliphatic rings. The highest BCUT2D eigenvalue weighted by molar-refractivity contribution is 5.93. The number of benzene rings is 1. The van der Waals surface area contributed by atoms with Gasteiger partial charge in [-0.1, -0.05) is 18.6 Å². The SMILES string of the molecule is O=C(Nc1cccc(CCCO)c1)C1CC2CCC1C2. The normalized spacial score (nSPS) is 27.8. The van der Waals surface area contributed by atoms with E-state index in [1.807, 2.05) is 24.3 Å². The molecule has 0 aliphatic heterocycles. The third kappa shape index (κ3) is 2.88. The fraction of sp³-hybridized carbons (Fsp3) is 0.588. The maximum absolute atomic E-state index is 12.4. The molecule has 2 saturated carbocycles. The summed E-state index contributed by atoms with van der Waals surface area (Å²) in [5.74, 6) is 1.86. The number of fused-ring (bicyclic) bond motifs is 2. The Morgan fingerprint density at radius 2 is 2.20 bits per heavy atom. The van der Waals surface area contributed by atoms with Gasteiger partial charge in [-0.25, -0.2) is 0 Å². The monoisotopic (exact) mass is 273 g/mol. The van der Waals surface area contributed by atoms with Gasteiger partial charge in [-0.3, -0.25) is 4.79 Å². The number of anilines is 1. The topological polar surface area (TPSA) is 49.3 Å². The summed E-state index contributed by atoms with van der Waals surface area (Å²) in [7, 11) is 0. The lowest BCUT2D eigenvalue weighted by Gasteiger charge is -2.21. The Labute approximate surface area is 120 Å². The lowest BCUT2D eigenvalue weighted by atomic mass is 9.88. The molecule has 0 heterocycles. The average Bonchev–Trinajstić information content (AvgIpc) is 3.08. The molecule has 3 heteroatoms. The van der Waals surface area contributed by atoms with Crippen molar-refractivity contribution in [1.29, 1.82) is 0 Å². The zero-order valence-corrected chi connectivity index (χ0v) is 11.8. The first kappa shape index (κ1) is 13.6. The maximum Gasteiger partial charge on any atom is 0.227 e. The van der Waals surface area contributed by atoms with Gasteiger partial charge in [-0.2, -0.15) is 0 Å². The number of nitrogens with one attached hydrogen (secondary N) is 1. The Hall–Kier alpha value is -1.35. The second kappa shape index (κ2) is 5.96. The van der Waals surface area contributed by atoms with E-state index in [1.165, 1.54) is 24.8 Å². The van der Waals surface area contributed by atoms with Crippen molar-refractivity contribution < 1.29 is 9.90 Å². The second-order valence-electron chi connectivity index (χ2n) is 6.30. The summed E-state index contributed by atoms with van der Waals surface area (Å²) in [6, 6.07) is 8.00. The predicted molar refractivity (Wildman–Crippen MR) is 79.4 cm³/mol. The van der Waals surface area contributed by atoms with Gasteiger partial charge in [0.15, 0.2) is 0 Å². The lowest BCUT2D eigenvalue weighted by Crippen LogP contribution is -2.27. The number of aliphatic hydroxyl groups is 1. The van der Waals surface area contributed by atoms with Crippen LogP contribution in [0, 0.1) is 17.8 Å². The smallest absolute Gasteiger partial charge is 0.227 e. The Morgan fingerprint density at radius 3 is 2.90 bits per heavy atom. The van der Waals surface area contributed by atoms with Crippen molar-refractivity contribution >= 4 is 11.6 Å². The first-order chi connectivity index (χ1) is 9.76. The molecule has 0 radical (unpaired) electrons. The van der Waals surface area contributed by atoms with Gasteiger partial charge in [-0.05, 0) is 61.6 Å². The Bertz CT molecular complexity index is 486. The quantitative estimate of drug-likeness (QED) is 0.866. The summed E-state index contributed by atoms with van der Waals surface area (Å²) >= 11 is 0. The van der Waals surface area contributed by atoms with Crippen molar-refractivity contribution in [1.82, 2.24) is 0 Å². The fourth-order valence-electron chi connectivity index (χ4n) is 3.89. The Morgan fingerprint density at radius 1 is 1.30 bits per heavy atom. The summed E-state index contributed by atoms with van der Waals surface area (Å²) in [6.07, 6.45) is 6.53. The molecule has 2 aliphatic carbocycles. The molecule has 1 aromatic carbocycles. The number of hydrogen-bond acceptors (Lipinski definition) is 2. The Balaban J connectivity index is 1.61. The van der Waals surface area contributed by atoms with Crippen LogP contribution in [-0.4, -0.2) is 17.6 Å². The summed E-state index contributed by atoms with van der Waals surface area (Å²) in [5, 5.41) is 12.0. The lowest BCUT2D eigenvalue weighted by molar-refractivity contribution is -0.121. The van der Waals surface area contributed by atoms with Gasteiger partial charge in [0.2, 0.25) is 5.91 Å². The van der Waals surface area contributed by atoms with Crippen LogP contribution in [0.5, 0.6) is 0 Å². The van der Waals surface area contributed by atoms with Crippen LogP contribution in [0.2, 0.25) is 0 Å².